The molecule has 0 amide bonds. The third kappa shape index (κ3) is 7.29. The fraction of sp³-hybridized carbons (Fsp3) is 0.684. The molecule has 0 saturated heterocycles. The lowest BCUT2D eigenvalue weighted by Gasteiger charge is -2.28. The lowest BCUT2D eigenvalue weighted by Crippen LogP contribution is -2.33. The van der Waals surface area contributed by atoms with E-state index in [2.05, 4.69) is 6.07 Å². The van der Waals surface area contributed by atoms with Crippen molar-refractivity contribution in [2.75, 3.05) is 13.2 Å². The molecule has 6 heteroatoms. The second kappa shape index (κ2) is 11.7. The van der Waals surface area contributed by atoms with Gasteiger partial charge in [-0.1, -0.05) is 12.8 Å². The summed E-state index contributed by atoms with van der Waals surface area (Å²) in [5, 5.41) is 9.75. The zero-order chi connectivity index (χ0) is 18.5. The van der Waals surface area contributed by atoms with Crippen LogP contribution in [0.4, 0.5) is 0 Å². The van der Waals surface area contributed by atoms with Crippen molar-refractivity contribution in [3.63, 3.8) is 0 Å². The summed E-state index contributed by atoms with van der Waals surface area (Å²) in [7, 11) is 0. The molecule has 6 nitrogen and oxygen atoms in total. The minimum absolute atomic E-state index is 0.154. The maximum atomic E-state index is 11.3. The maximum Gasteiger partial charge on any atom is 0.305 e. The van der Waals surface area contributed by atoms with Crippen molar-refractivity contribution in [2.45, 2.75) is 71.2 Å². The number of furan rings is 1. The van der Waals surface area contributed by atoms with Crippen molar-refractivity contribution in [3.8, 4) is 6.07 Å². The van der Waals surface area contributed by atoms with E-state index in [1.807, 2.05) is 6.92 Å². The Morgan fingerprint density at radius 2 is 2.04 bits per heavy atom. The molecule has 0 fully saturated rings. The number of nitriles is 1. The molecule has 0 spiro atoms. The van der Waals surface area contributed by atoms with Crippen LogP contribution in [0.15, 0.2) is 22.8 Å². The quantitative estimate of drug-likeness (QED) is 0.299. The van der Waals surface area contributed by atoms with Crippen molar-refractivity contribution in [1.29, 1.82) is 5.26 Å². The fourth-order valence-electron chi connectivity index (χ4n) is 2.67. The fourth-order valence-corrected chi connectivity index (χ4v) is 2.67. The Bertz CT molecular complexity index is 522. The molecule has 25 heavy (non-hydrogen) atoms. The highest BCUT2D eigenvalue weighted by Gasteiger charge is 2.38. The summed E-state index contributed by atoms with van der Waals surface area (Å²) >= 11 is 0. The minimum Gasteiger partial charge on any atom is -0.466 e. The Kier molecular flexibility index (Phi) is 9.90. The molecule has 1 heterocycles. The molecule has 0 aliphatic heterocycles. The average molecular weight is 351 g/mol. The summed E-state index contributed by atoms with van der Waals surface area (Å²) < 4.78 is 21.7. The third-order valence-corrected chi connectivity index (χ3v) is 3.83. The van der Waals surface area contributed by atoms with Gasteiger partial charge in [-0.3, -0.25) is 4.79 Å². The van der Waals surface area contributed by atoms with Gasteiger partial charge in [0.25, 0.3) is 0 Å². The molecule has 0 aliphatic carbocycles. The van der Waals surface area contributed by atoms with Crippen LogP contribution in [0.1, 0.15) is 65.1 Å². The Balaban J connectivity index is 2.52. The first-order valence-corrected chi connectivity index (χ1v) is 8.98. The summed E-state index contributed by atoms with van der Waals surface area (Å²) in [6.07, 6.45) is 5.36. The number of ether oxygens (including phenoxy) is 3. The summed E-state index contributed by atoms with van der Waals surface area (Å²) in [5.74, 6) is 0.339. The second-order valence-electron chi connectivity index (χ2n) is 5.78. The summed E-state index contributed by atoms with van der Waals surface area (Å²) in [6, 6.07) is 5.76. The Hall–Kier alpha value is -1.84. The number of rotatable bonds is 13. The van der Waals surface area contributed by atoms with Gasteiger partial charge in [0, 0.05) is 13.0 Å². The van der Waals surface area contributed by atoms with Crippen LogP contribution in [-0.2, 0) is 24.6 Å². The first-order chi connectivity index (χ1) is 12.1. The molecule has 0 aromatic carbocycles. The molecule has 1 aromatic heterocycles. The number of unbranched alkanes of at least 4 members (excludes halogenated alkanes) is 3. The van der Waals surface area contributed by atoms with Crippen LogP contribution in [0.5, 0.6) is 0 Å². The predicted molar refractivity (Wildman–Crippen MR) is 92.5 cm³/mol. The molecule has 2 unspecified atom stereocenters. The molecule has 0 bridgehead atoms. The Morgan fingerprint density at radius 1 is 1.28 bits per heavy atom. The first-order valence-electron chi connectivity index (χ1n) is 8.98. The molecule has 2 atom stereocenters. The molecule has 0 saturated carbocycles. The SMILES string of the molecule is CCOC(=O)CCCCCCC(C#N)(OC(C)OCC)c1ccco1. The third-order valence-electron chi connectivity index (χ3n) is 3.83. The van der Waals surface area contributed by atoms with E-state index in [1.165, 1.54) is 6.26 Å². The molecule has 1 aromatic rings. The van der Waals surface area contributed by atoms with Crippen molar-refractivity contribution < 1.29 is 23.4 Å². The molecular formula is C19H29NO5. The highest BCUT2D eigenvalue weighted by atomic mass is 16.7. The summed E-state index contributed by atoms with van der Waals surface area (Å²) in [4.78, 5) is 11.3. The summed E-state index contributed by atoms with van der Waals surface area (Å²) in [6.45, 7) is 6.39. The van der Waals surface area contributed by atoms with E-state index in [0.29, 0.717) is 31.8 Å². The number of nitrogens with zero attached hydrogens (tertiary/aromatic N) is 1. The van der Waals surface area contributed by atoms with Gasteiger partial charge in [-0.2, -0.15) is 5.26 Å². The van der Waals surface area contributed by atoms with Crippen molar-refractivity contribution in [3.05, 3.63) is 24.2 Å². The summed E-state index contributed by atoms with van der Waals surface area (Å²) in [5.41, 5.74) is -1.15. The van der Waals surface area contributed by atoms with Gasteiger partial charge in [0.15, 0.2) is 6.29 Å². The number of hydrogen-bond donors (Lipinski definition) is 0. The van der Waals surface area contributed by atoms with E-state index in [4.69, 9.17) is 18.6 Å². The molecule has 1 rings (SSSR count). The monoisotopic (exact) mass is 351 g/mol. The van der Waals surface area contributed by atoms with Gasteiger partial charge < -0.3 is 18.6 Å². The van der Waals surface area contributed by atoms with E-state index in [0.717, 1.165) is 25.7 Å². The van der Waals surface area contributed by atoms with Gasteiger partial charge in [0.1, 0.15) is 11.8 Å². The van der Waals surface area contributed by atoms with Crippen molar-refractivity contribution in [2.24, 2.45) is 0 Å². The van der Waals surface area contributed by atoms with Crippen molar-refractivity contribution in [1.82, 2.24) is 0 Å². The standard InChI is InChI=1S/C19H29NO5/c1-4-22-16(3)25-19(15-20,17-11-10-14-24-17)13-9-7-6-8-12-18(21)23-5-2/h10-11,14,16H,4-9,12-13H2,1-3H3. The lowest BCUT2D eigenvalue weighted by molar-refractivity contribution is -0.192. The average Bonchev–Trinajstić information content (AvgIpc) is 3.12. The van der Waals surface area contributed by atoms with Crippen LogP contribution in [0.3, 0.4) is 0 Å². The maximum absolute atomic E-state index is 11.3. The topological polar surface area (TPSA) is 81.7 Å². The zero-order valence-corrected chi connectivity index (χ0v) is 15.5. The lowest BCUT2D eigenvalue weighted by atomic mass is 9.94. The van der Waals surface area contributed by atoms with Gasteiger partial charge in [-0.15, -0.1) is 0 Å². The Morgan fingerprint density at radius 3 is 2.64 bits per heavy atom. The highest BCUT2D eigenvalue weighted by Crippen LogP contribution is 2.33. The van der Waals surface area contributed by atoms with Gasteiger partial charge in [0.2, 0.25) is 5.60 Å². The van der Waals surface area contributed by atoms with Crippen molar-refractivity contribution >= 4 is 5.97 Å². The van der Waals surface area contributed by atoms with Gasteiger partial charge >= 0.3 is 5.97 Å². The van der Waals surface area contributed by atoms with Crippen LogP contribution in [0.25, 0.3) is 0 Å². The van der Waals surface area contributed by atoms with Gasteiger partial charge in [0.05, 0.1) is 12.9 Å². The molecule has 0 aliphatic rings. The largest absolute Gasteiger partial charge is 0.466 e. The van der Waals surface area contributed by atoms with E-state index in [1.54, 1.807) is 26.0 Å². The zero-order valence-electron chi connectivity index (χ0n) is 15.5. The van der Waals surface area contributed by atoms with Crippen LogP contribution in [-0.4, -0.2) is 25.5 Å². The minimum atomic E-state index is -1.15. The van der Waals surface area contributed by atoms with E-state index in [-0.39, 0.29) is 5.97 Å². The molecule has 0 N–H and O–H groups in total. The number of esters is 1. The number of hydrogen-bond acceptors (Lipinski definition) is 6. The van der Waals surface area contributed by atoms with E-state index < -0.39 is 11.9 Å². The highest BCUT2D eigenvalue weighted by molar-refractivity contribution is 5.69. The van der Waals surface area contributed by atoms with Gasteiger partial charge in [-0.25, -0.2) is 0 Å². The molecule has 140 valence electrons. The van der Waals surface area contributed by atoms with Crippen LogP contribution < -0.4 is 0 Å². The van der Waals surface area contributed by atoms with E-state index in [9.17, 15) is 10.1 Å². The number of carbonyl (C=O) groups is 1. The molecule has 0 radical (unpaired) electrons. The normalized spacial score (nSPS) is 14.5. The Labute approximate surface area is 150 Å². The van der Waals surface area contributed by atoms with Crippen LogP contribution in [0.2, 0.25) is 0 Å². The smallest absolute Gasteiger partial charge is 0.305 e. The number of carbonyl (C=O) groups excluding carboxylic acids is 1. The second-order valence-corrected chi connectivity index (χ2v) is 5.78. The first kappa shape index (κ1) is 21.2. The van der Waals surface area contributed by atoms with Crippen LogP contribution >= 0.6 is 0 Å². The van der Waals surface area contributed by atoms with Crippen LogP contribution in [0, 0.1) is 11.3 Å². The molecular weight excluding hydrogens is 322 g/mol. The van der Waals surface area contributed by atoms with Gasteiger partial charge in [-0.05, 0) is 52.2 Å². The predicted octanol–water partition coefficient (Wildman–Crippen LogP) is 4.30. The van der Waals surface area contributed by atoms with E-state index >= 15 is 0 Å².